The average molecular weight is 589 g/mol. The predicted octanol–water partition coefficient (Wildman–Crippen LogP) is 4.56. The van der Waals surface area contributed by atoms with Crippen molar-refractivity contribution in [3.8, 4) is 0 Å². The van der Waals surface area contributed by atoms with Crippen molar-refractivity contribution in [2.24, 2.45) is 16.8 Å². The zero-order valence-corrected chi connectivity index (χ0v) is 26.0. The first kappa shape index (κ1) is 31.2. The quantitative estimate of drug-likeness (QED) is 0.439. The molecule has 0 aromatic heterocycles. The van der Waals surface area contributed by atoms with Crippen LogP contribution in [-0.2, 0) is 25.6 Å². The van der Waals surface area contributed by atoms with Gasteiger partial charge in [0.2, 0.25) is 17.6 Å². The molecule has 2 aliphatic rings. The van der Waals surface area contributed by atoms with Crippen LogP contribution < -0.4 is 5.32 Å². The SMILES string of the molecule is CC(C)C(=O)N1C=C(c2ccccc2)N(CC(=O)N[C@@H](Cc2ccccc2)C(=O)C2=NCC(C)(C)S2)C(=O)C1C(C)C. The Hall–Kier alpha value is -3.72. The van der Waals surface area contributed by atoms with Crippen LogP contribution in [0.25, 0.3) is 5.70 Å². The van der Waals surface area contributed by atoms with Crippen molar-refractivity contribution < 1.29 is 19.2 Å². The van der Waals surface area contributed by atoms with Gasteiger partial charge in [-0.3, -0.25) is 29.1 Å². The van der Waals surface area contributed by atoms with Gasteiger partial charge in [-0.05, 0) is 30.9 Å². The van der Waals surface area contributed by atoms with E-state index in [9.17, 15) is 19.2 Å². The third-order valence-electron chi connectivity index (χ3n) is 7.24. The molecular weight excluding hydrogens is 548 g/mol. The van der Waals surface area contributed by atoms with Crippen LogP contribution in [0.1, 0.15) is 52.7 Å². The van der Waals surface area contributed by atoms with Gasteiger partial charge in [0.05, 0.1) is 18.3 Å². The number of amides is 3. The normalized spacial score (nSPS) is 19.0. The highest BCUT2D eigenvalue weighted by Crippen LogP contribution is 2.33. The molecular formula is C33H40N4O4S. The Balaban J connectivity index is 1.65. The van der Waals surface area contributed by atoms with E-state index in [0.29, 0.717) is 29.3 Å². The van der Waals surface area contributed by atoms with E-state index in [2.05, 4.69) is 10.3 Å². The minimum absolute atomic E-state index is 0.161. The maximum atomic E-state index is 14.0. The lowest BCUT2D eigenvalue weighted by Crippen LogP contribution is -2.57. The Morgan fingerprint density at radius 3 is 2.17 bits per heavy atom. The number of carbonyl (C=O) groups is 4. The fraction of sp³-hybridized carbons (Fsp3) is 0.424. The summed E-state index contributed by atoms with van der Waals surface area (Å²) in [7, 11) is 0. The smallest absolute Gasteiger partial charge is 0.250 e. The van der Waals surface area contributed by atoms with Crippen molar-refractivity contribution in [1.29, 1.82) is 0 Å². The second-order valence-corrected chi connectivity index (χ2v) is 13.7. The van der Waals surface area contributed by atoms with Crippen LogP contribution >= 0.6 is 11.8 Å². The van der Waals surface area contributed by atoms with Gasteiger partial charge in [-0.25, -0.2) is 0 Å². The molecule has 8 nitrogen and oxygen atoms in total. The summed E-state index contributed by atoms with van der Waals surface area (Å²) in [5, 5.41) is 3.33. The van der Waals surface area contributed by atoms with Crippen LogP contribution in [0.5, 0.6) is 0 Å². The summed E-state index contributed by atoms with van der Waals surface area (Å²) in [6.07, 6.45) is 1.99. The predicted molar refractivity (Wildman–Crippen MR) is 167 cm³/mol. The molecule has 0 aliphatic carbocycles. The summed E-state index contributed by atoms with van der Waals surface area (Å²) in [6.45, 7) is 11.7. The van der Waals surface area contributed by atoms with Gasteiger partial charge in [-0.1, -0.05) is 100 Å². The van der Waals surface area contributed by atoms with Crippen LogP contribution in [0, 0.1) is 11.8 Å². The average Bonchev–Trinajstić information content (AvgIpc) is 3.32. The van der Waals surface area contributed by atoms with E-state index in [1.165, 1.54) is 21.6 Å². The van der Waals surface area contributed by atoms with Crippen molar-refractivity contribution in [2.45, 2.75) is 64.8 Å². The molecule has 1 N–H and O–H groups in total. The molecule has 2 aromatic carbocycles. The minimum Gasteiger partial charge on any atom is -0.344 e. The Bertz CT molecular complexity index is 1390. The number of benzene rings is 2. The Labute approximate surface area is 252 Å². The van der Waals surface area contributed by atoms with Gasteiger partial charge in [0, 0.05) is 23.3 Å². The number of hydrogen-bond donors (Lipinski definition) is 1. The Morgan fingerprint density at radius 1 is 1.00 bits per heavy atom. The fourth-order valence-corrected chi connectivity index (χ4v) is 6.12. The number of rotatable bonds is 10. The highest BCUT2D eigenvalue weighted by atomic mass is 32.2. The molecule has 42 heavy (non-hydrogen) atoms. The summed E-state index contributed by atoms with van der Waals surface area (Å²) < 4.78 is -0.187. The molecule has 2 heterocycles. The third-order valence-corrected chi connectivity index (χ3v) is 8.45. The van der Waals surface area contributed by atoms with E-state index < -0.39 is 18.0 Å². The molecule has 0 fully saturated rings. The summed E-state index contributed by atoms with van der Waals surface area (Å²) >= 11 is 1.42. The number of nitrogens with zero attached hydrogens (tertiary/aromatic N) is 3. The molecule has 2 atom stereocenters. The van der Waals surface area contributed by atoms with Crippen LogP contribution in [0.3, 0.4) is 0 Å². The van der Waals surface area contributed by atoms with Gasteiger partial charge in [0.1, 0.15) is 17.6 Å². The van der Waals surface area contributed by atoms with Crippen molar-refractivity contribution >= 4 is 46.0 Å². The lowest BCUT2D eigenvalue weighted by Gasteiger charge is -2.41. The first-order chi connectivity index (χ1) is 19.9. The molecule has 2 aliphatic heterocycles. The lowest BCUT2D eigenvalue weighted by molar-refractivity contribution is -0.147. The highest BCUT2D eigenvalue weighted by molar-refractivity contribution is 8.17. The molecule has 0 bridgehead atoms. The molecule has 0 spiro atoms. The van der Waals surface area contributed by atoms with Crippen LogP contribution in [-0.4, -0.2) is 68.3 Å². The lowest BCUT2D eigenvalue weighted by atomic mass is 9.95. The molecule has 2 aromatic rings. The van der Waals surface area contributed by atoms with Gasteiger partial charge in [0.15, 0.2) is 0 Å². The third kappa shape index (κ3) is 7.18. The van der Waals surface area contributed by atoms with Crippen LogP contribution in [0.2, 0.25) is 0 Å². The van der Waals surface area contributed by atoms with Gasteiger partial charge < -0.3 is 10.2 Å². The number of thioether (sulfide) groups is 1. The van der Waals surface area contributed by atoms with Crippen molar-refractivity contribution in [1.82, 2.24) is 15.1 Å². The number of Topliss-reactive ketones (excluding diaryl/α,β-unsaturated/α-hetero) is 1. The van der Waals surface area contributed by atoms with E-state index in [0.717, 1.165) is 5.56 Å². The number of aliphatic imine (C=N–C) groups is 1. The molecule has 4 rings (SSSR count). The number of ketones is 1. The van der Waals surface area contributed by atoms with E-state index in [1.807, 2.05) is 88.4 Å². The van der Waals surface area contributed by atoms with Gasteiger partial charge in [-0.2, -0.15) is 0 Å². The second-order valence-electron chi connectivity index (χ2n) is 12.1. The molecule has 9 heteroatoms. The zero-order valence-electron chi connectivity index (χ0n) is 25.2. The number of hydrogen-bond acceptors (Lipinski definition) is 6. The van der Waals surface area contributed by atoms with Gasteiger partial charge in [0.25, 0.3) is 5.91 Å². The minimum atomic E-state index is -0.844. The topological polar surface area (TPSA) is 99.2 Å². The largest absolute Gasteiger partial charge is 0.344 e. The molecule has 1 unspecified atom stereocenters. The first-order valence-corrected chi connectivity index (χ1v) is 15.2. The van der Waals surface area contributed by atoms with Crippen molar-refractivity contribution in [2.75, 3.05) is 13.1 Å². The highest BCUT2D eigenvalue weighted by Gasteiger charge is 2.42. The van der Waals surface area contributed by atoms with Crippen molar-refractivity contribution in [3.63, 3.8) is 0 Å². The Morgan fingerprint density at radius 2 is 1.62 bits per heavy atom. The van der Waals surface area contributed by atoms with E-state index in [4.69, 9.17) is 0 Å². The number of carbonyl (C=O) groups excluding carboxylic acids is 4. The van der Waals surface area contributed by atoms with Gasteiger partial charge >= 0.3 is 0 Å². The fourth-order valence-electron chi connectivity index (χ4n) is 5.10. The van der Waals surface area contributed by atoms with Gasteiger partial charge in [-0.15, -0.1) is 0 Å². The van der Waals surface area contributed by atoms with E-state index in [-0.39, 0.29) is 40.7 Å². The van der Waals surface area contributed by atoms with Crippen molar-refractivity contribution in [3.05, 3.63) is 78.0 Å². The maximum absolute atomic E-state index is 14.0. The second kappa shape index (κ2) is 13.1. The standard InChI is InChI=1S/C33H40N4O4S/c1-21(2)28-32(41)36(26(24-15-11-8-12-16-24)18-37(28)31(40)22(3)4)19-27(38)35-25(17-23-13-9-7-10-14-23)29(39)30-34-20-33(5,6)42-30/h7-16,18,21-22,25,28H,17,19-20H2,1-6H3,(H,35,38)/t25-,28?/m0/s1. The maximum Gasteiger partial charge on any atom is 0.250 e. The summed E-state index contributed by atoms with van der Waals surface area (Å²) in [4.78, 5) is 62.0. The molecule has 0 radical (unpaired) electrons. The monoisotopic (exact) mass is 588 g/mol. The summed E-state index contributed by atoms with van der Waals surface area (Å²) in [5.41, 5.74) is 2.07. The molecule has 0 saturated heterocycles. The van der Waals surface area contributed by atoms with Crippen LogP contribution in [0.4, 0.5) is 0 Å². The molecule has 0 saturated carbocycles. The zero-order chi connectivity index (χ0) is 30.6. The summed E-state index contributed by atoms with van der Waals surface area (Å²) in [5.74, 6) is -1.70. The summed E-state index contributed by atoms with van der Waals surface area (Å²) in [6, 6.07) is 17.2. The van der Waals surface area contributed by atoms with E-state index >= 15 is 0 Å². The first-order valence-electron chi connectivity index (χ1n) is 14.4. The Kier molecular flexibility index (Phi) is 9.71. The number of nitrogens with one attached hydrogen (secondary N) is 1. The van der Waals surface area contributed by atoms with E-state index in [1.54, 1.807) is 20.0 Å². The molecule has 222 valence electrons. The van der Waals surface area contributed by atoms with Crippen LogP contribution in [0.15, 0.2) is 71.9 Å². The molecule has 3 amide bonds.